The van der Waals surface area contributed by atoms with Crippen molar-refractivity contribution in [2.45, 2.75) is 44.9 Å². The molecule has 0 unspecified atom stereocenters. The summed E-state index contributed by atoms with van der Waals surface area (Å²) in [5.41, 5.74) is 2.27. The van der Waals surface area contributed by atoms with Crippen LogP contribution in [0.3, 0.4) is 0 Å². The van der Waals surface area contributed by atoms with Crippen molar-refractivity contribution < 1.29 is 0 Å². The maximum absolute atomic E-state index is 4.41. The molecule has 3 nitrogen and oxygen atoms in total. The van der Waals surface area contributed by atoms with Crippen LogP contribution in [0, 0.1) is 6.92 Å². The number of hydrogen-bond donors (Lipinski definition) is 1. The van der Waals surface area contributed by atoms with E-state index in [-0.39, 0.29) is 0 Å². The number of nitrogens with one attached hydrogen (secondary N) is 1. The minimum atomic E-state index is 0.361. The molecule has 104 valence electrons. The first-order valence-corrected chi connectivity index (χ1v) is 8.45. The summed E-state index contributed by atoms with van der Waals surface area (Å²) in [5, 5.41) is 7.99. The molecule has 5 heteroatoms. The van der Waals surface area contributed by atoms with Crippen LogP contribution < -0.4 is 5.32 Å². The summed E-state index contributed by atoms with van der Waals surface area (Å²) in [6.45, 7) is 8.47. The van der Waals surface area contributed by atoms with Gasteiger partial charge in [-0.05, 0) is 42.0 Å². The van der Waals surface area contributed by atoms with Gasteiger partial charge in [-0.15, -0.1) is 0 Å². The van der Waals surface area contributed by atoms with Crippen LogP contribution in [0.4, 0.5) is 0 Å². The topological polar surface area (TPSA) is 29.9 Å². The molecule has 0 aliphatic carbocycles. The van der Waals surface area contributed by atoms with E-state index in [1.54, 1.807) is 0 Å². The van der Waals surface area contributed by atoms with Crippen LogP contribution in [-0.4, -0.2) is 27.3 Å². The molecule has 0 aromatic carbocycles. The normalized spacial score (nSPS) is 12.1. The molecule has 0 bridgehead atoms. The van der Waals surface area contributed by atoms with Gasteiger partial charge in [-0.25, -0.2) is 0 Å². The van der Waals surface area contributed by atoms with Gasteiger partial charge in [-0.2, -0.15) is 16.9 Å². The highest BCUT2D eigenvalue weighted by Gasteiger charge is 2.24. The summed E-state index contributed by atoms with van der Waals surface area (Å²) in [4.78, 5) is 0. The molecule has 1 N–H and O–H groups in total. The van der Waals surface area contributed by atoms with E-state index in [0.717, 1.165) is 23.3 Å². The van der Waals surface area contributed by atoms with Crippen molar-refractivity contribution in [3.63, 3.8) is 0 Å². The van der Waals surface area contributed by atoms with Gasteiger partial charge in [0.15, 0.2) is 0 Å². The standard InChI is InChI=1S/C13H24BrN3S/c1-6-13(7-2,18-5)9-15-8-11-12(14)10(3)16-17(11)4/h15H,6-9H2,1-5H3. The third-order valence-electron chi connectivity index (χ3n) is 3.72. The van der Waals surface area contributed by atoms with Crippen LogP contribution in [0.1, 0.15) is 38.1 Å². The highest BCUT2D eigenvalue weighted by molar-refractivity contribution is 9.10. The van der Waals surface area contributed by atoms with Gasteiger partial charge in [-0.3, -0.25) is 4.68 Å². The average molecular weight is 334 g/mol. The second kappa shape index (κ2) is 6.96. The first-order valence-electron chi connectivity index (χ1n) is 6.43. The van der Waals surface area contributed by atoms with Gasteiger partial charge in [0, 0.05) is 24.9 Å². The number of rotatable bonds is 7. The number of thioether (sulfide) groups is 1. The molecule has 18 heavy (non-hydrogen) atoms. The van der Waals surface area contributed by atoms with E-state index in [2.05, 4.69) is 46.4 Å². The molecule has 0 aliphatic heterocycles. The van der Waals surface area contributed by atoms with E-state index in [0.29, 0.717) is 4.75 Å². The van der Waals surface area contributed by atoms with Crippen LogP contribution in [-0.2, 0) is 13.6 Å². The van der Waals surface area contributed by atoms with Crippen molar-refractivity contribution in [2.24, 2.45) is 7.05 Å². The molecule has 1 aromatic rings. The summed E-state index contributed by atoms with van der Waals surface area (Å²) in [5.74, 6) is 0. The van der Waals surface area contributed by atoms with Crippen molar-refractivity contribution in [3.8, 4) is 0 Å². The van der Waals surface area contributed by atoms with E-state index < -0.39 is 0 Å². The van der Waals surface area contributed by atoms with Gasteiger partial charge in [-0.1, -0.05) is 13.8 Å². The van der Waals surface area contributed by atoms with Crippen molar-refractivity contribution in [2.75, 3.05) is 12.8 Å². The molecule has 0 spiro atoms. The van der Waals surface area contributed by atoms with Crippen LogP contribution in [0.2, 0.25) is 0 Å². The highest BCUT2D eigenvalue weighted by Crippen LogP contribution is 2.29. The van der Waals surface area contributed by atoms with Crippen LogP contribution in [0.15, 0.2) is 4.47 Å². The molecule has 1 aromatic heterocycles. The Morgan fingerprint density at radius 2 is 2.00 bits per heavy atom. The van der Waals surface area contributed by atoms with Crippen LogP contribution in [0.25, 0.3) is 0 Å². The fourth-order valence-corrected chi connectivity index (χ4v) is 3.44. The zero-order valence-electron chi connectivity index (χ0n) is 12.0. The third kappa shape index (κ3) is 3.52. The lowest BCUT2D eigenvalue weighted by Gasteiger charge is -2.30. The second-order valence-electron chi connectivity index (χ2n) is 4.67. The van der Waals surface area contributed by atoms with E-state index in [1.165, 1.54) is 18.5 Å². The quantitative estimate of drug-likeness (QED) is 0.828. The van der Waals surface area contributed by atoms with Gasteiger partial charge in [0.1, 0.15) is 0 Å². The molecular weight excluding hydrogens is 310 g/mol. The molecule has 0 radical (unpaired) electrons. The van der Waals surface area contributed by atoms with Gasteiger partial charge in [0.25, 0.3) is 0 Å². The second-order valence-corrected chi connectivity index (χ2v) is 6.73. The van der Waals surface area contributed by atoms with Crippen LogP contribution >= 0.6 is 27.7 Å². The first-order chi connectivity index (χ1) is 8.49. The minimum Gasteiger partial charge on any atom is -0.310 e. The van der Waals surface area contributed by atoms with E-state index >= 15 is 0 Å². The number of aryl methyl sites for hydroxylation is 2. The predicted octanol–water partition coefficient (Wildman–Crippen LogP) is 3.50. The summed E-state index contributed by atoms with van der Waals surface area (Å²) >= 11 is 5.57. The van der Waals surface area contributed by atoms with Crippen molar-refractivity contribution in [1.29, 1.82) is 0 Å². The van der Waals surface area contributed by atoms with Gasteiger partial charge >= 0.3 is 0 Å². The number of hydrogen-bond acceptors (Lipinski definition) is 3. The highest BCUT2D eigenvalue weighted by atomic mass is 79.9. The maximum atomic E-state index is 4.41. The molecule has 0 saturated heterocycles. The summed E-state index contributed by atoms with van der Waals surface area (Å²) in [7, 11) is 2.00. The van der Waals surface area contributed by atoms with Gasteiger partial charge in [0.2, 0.25) is 0 Å². The third-order valence-corrected chi connectivity index (χ3v) is 6.34. The molecule has 0 fully saturated rings. The van der Waals surface area contributed by atoms with E-state index in [4.69, 9.17) is 0 Å². The Balaban J connectivity index is 2.61. The summed E-state index contributed by atoms with van der Waals surface area (Å²) < 4.78 is 3.44. The van der Waals surface area contributed by atoms with Crippen LogP contribution in [0.5, 0.6) is 0 Å². The average Bonchev–Trinajstić information content (AvgIpc) is 2.61. The summed E-state index contributed by atoms with van der Waals surface area (Å²) in [6.07, 6.45) is 4.60. The molecule has 0 saturated carbocycles. The molecule has 1 rings (SSSR count). The minimum absolute atomic E-state index is 0.361. The number of nitrogens with zero attached hydrogens (tertiary/aromatic N) is 2. The Labute approximate surface area is 123 Å². The Bertz CT molecular complexity index is 378. The summed E-state index contributed by atoms with van der Waals surface area (Å²) in [6, 6.07) is 0. The Kier molecular flexibility index (Phi) is 6.21. The van der Waals surface area contributed by atoms with E-state index in [9.17, 15) is 0 Å². The first kappa shape index (κ1) is 16.1. The Hall–Kier alpha value is -0.000000000000000111. The van der Waals surface area contributed by atoms with Crippen molar-refractivity contribution >= 4 is 27.7 Å². The molecular formula is C13H24BrN3S. The lowest BCUT2D eigenvalue weighted by molar-refractivity contribution is 0.487. The zero-order valence-corrected chi connectivity index (χ0v) is 14.4. The van der Waals surface area contributed by atoms with Gasteiger partial charge in [0.05, 0.1) is 15.9 Å². The fraction of sp³-hybridized carbons (Fsp3) is 0.769. The van der Waals surface area contributed by atoms with Crippen molar-refractivity contribution in [1.82, 2.24) is 15.1 Å². The molecule has 0 amide bonds. The molecule has 1 heterocycles. The molecule has 0 atom stereocenters. The van der Waals surface area contributed by atoms with Crippen molar-refractivity contribution in [3.05, 3.63) is 15.9 Å². The number of aromatic nitrogens is 2. The smallest absolute Gasteiger partial charge is 0.0739 e. The largest absolute Gasteiger partial charge is 0.310 e. The monoisotopic (exact) mass is 333 g/mol. The van der Waals surface area contributed by atoms with Gasteiger partial charge < -0.3 is 5.32 Å². The zero-order chi connectivity index (χ0) is 13.8. The fourth-order valence-electron chi connectivity index (χ4n) is 2.14. The Morgan fingerprint density at radius 1 is 1.39 bits per heavy atom. The number of halogens is 1. The Morgan fingerprint density at radius 3 is 2.39 bits per heavy atom. The maximum Gasteiger partial charge on any atom is 0.0739 e. The lowest BCUT2D eigenvalue weighted by Crippen LogP contribution is -2.36. The predicted molar refractivity (Wildman–Crippen MR) is 84.2 cm³/mol. The van der Waals surface area contributed by atoms with E-state index in [1.807, 2.05) is 30.4 Å². The lowest BCUT2D eigenvalue weighted by atomic mass is 10.0. The molecule has 0 aliphatic rings. The SMILES string of the molecule is CCC(CC)(CNCc1c(Br)c(C)nn1C)SC.